The number of ether oxygens (including phenoxy) is 1. The molecular weight excluding hydrogens is 268 g/mol. The van der Waals surface area contributed by atoms with E-state index in [1.807, 2.05) is 11.8 Å². The molecule has 3 heterocycles. The molecule has 0 aliphatic carbocycles. The molecule has 4 atom stereocenters. The number of amidine groups is 1. The van der Waals surface area contributed by atoms with E-state index in [2.05, 4.69) is 35.6 Å². The molecule has 3 aliphatic rings. The summed E-state index contributed by atoms with van der Waals surface area (Å²) in [6.07, 6.45) is 5.52. The van der Waals surface area contributed by atoms with Crippen molar-refractivity contribution in [2.45, 2.75) is 50.0 Å². The Balaban J connectivity index is 1.36. The highest BCUT2D eigenvalue weighted by atomic mass is 32.2. The quantitative estimate of drug-likeness (QED) is 0.928. The van der Waals surface area contributed by atoms with Gasteiger partial charge < -0.3 is 10.1 Å². The summed E-state index contributed by atoms with van der Waals surface area (Å²) < 4.78 is 5.87. The van der Waals surface area contributed by atoms with E-state index >= 15 is 0 Å². The van der Waals surface area contributed by atoms with Crippen molar-refractivity contribution >= 4 is 16.9 Å². The summed E-state index contributed by atoms with van der Waals surface area (Å²) in [4.78, 5) is 4.89. The van der Waals surface area contributed by atoms with Gasteiger partial charge >= 0.3 is 0 Å². The van der Waals surface area contributed by atoms with E-state index in [0.717, 1.165) is 23.8 Å². The number of thioether (sulfide) groups is 1. The second-order valence-corrected chi connectivity index (χ2v) is 6.96. The van der Waals surface area contributed by atoms with Crippen LogP contribution in [0, 0.1) is 0 Å². The minimum atomic E-state index is 0.392. The smallest absolute Gasteiger partial charge is 0.157 e. The zero-order valence-corrected chi connectivity index (χ0v) is 12.3. The molecule has 0 spiro atoms. The van der Waals surface area contributed by atoms with Crippen LogP contribution in [-0.2, 0) is 11.2 Å². The maximum Gasteiger partial charge on any atom is 0.157 e. The van der Waals surface area contributed by atoms with Crippen LogP contribution in [0.5, 0.6) is 0 Å². The minimum absolute atomic E-state index is 0.392. The van der Waals surface area contributed by atoms with Crippen LogP contribution >= 0.6 is 11.8 Å². The van der Waals surface area contributed by atoms with Crippen molar-refractivity contribution in [2.24, 2.45) is 4.99 Å². The lowest BCUT2D eigenvalue weighted by atomic mass is 9.96. The normalized spacial score (nSPS) is 37.5. The van der Waals surface area contributed by atoms with E-state index in [1.165, 1.54) is 18.4 Å². The van der Waals surface area contributed by atoms with Crippen molar-refractivity contribution in [1.82, 2.24) is 5.32 Å². The summed E-state index contributed by atoms with van der Waals surface area (Å²) in [6.45, 7) is 0. The molecule has 0 amide bonds. The Morgan fingerprint density at radius 3 is 2.90 bits per heavy atom. The fourth-order valence-corrected chi connectivity index (χ4v) is 4.44. The molecule has 1 N–H and O–H groups in total. The lowest BCUT2D eigenvalue weighted by Crippen LogP contribution is -2.31. The van der Waals surface area contributed by atoms with Crippen molar-refractivity contribution in [2.75, 3.05) is 5.75 Å². The molecule has 2 bridgehead atoms. The molecule has 1 aromatic carbocycles. The zero-order valence-electron chi connectivity index (χ0n) is 11.5. The van der Waals surface area contributed by atoms with Gasteiger partial charge in [0.1, 0.15) is 0 Å². The van der Waals surface area contributed by atoms with Gasteiger partial charge in [-0.1, -0.05) is 42.1 Å². The molecule has 3 saturated heterocycles. The third-order valence-electron chi connectivity index (χ3n) is 4.43. The highest BCUT2D eigenvalue weighted by Gasteiger charge is 2.41. The molecule has 4 rings (SSSR count). The Hall–Kier alpha value is -1.00. The van der Waals surface area contributed by atoms with E-state index < -0.39 is 0 Å². The van der Waals surface area contributed by atoms with Gasteiger partial charge in [0.15, 0.2) is 5.17 Å². The van der Waals surface area contributed by atoms with Gasteiger partial charge in [-0.05, 0) is 31.2 Å². The standard InChI is InChI=1S/C16H20N2OS/c1-2-4-11(5-3-1)8-12-10-20-16(17-12)18-14-9-13-6-7-15(14)19-13/h1-5,12-15H,6-10H2,(H,17,18). The number of benzene rings is 1. The van der Waals surface area contributed by atoms with Gasteiger partial charge in [-0.2, -0.15) is 0 Å². The second kappa shape index (κ2) is 5.41. The zero-order chi connectivity index (χ0) is 13.4. The molecule has 3 aliphatic heterocycles. The van der Waals surface area contributed by atoms with Crippen LogP contribution in [0.3, 0.4) is 0 Å². The Morgan fingerprint density at radius 2 is 2.15 bits per heavy atom. The number of fused-ring (bicyclic) bond motifs is 2. The van der Waals surface area contributed by atoms with Gasteiger partial charge in [0, 0.05) is 11.8 Å². The third-order valence-corrected chi connectivity index (χ3v) is 5.50. The van der Waals surface area contributed by atoms with Crippen molar-refractivity contribution in [1.29, 1.82) is 0 Å². The Bertz CT molecular complexity index is 504. The number of hydrogen-bond acceptors (Lipinski definition) is 3. The fraction of sp³-hybridized carbons (Fsp3) is 0.562. The molecule has 4 unspecified atom stereocenters. The van der Waals surface area contributed by atoms with Crippen molar-refractivity contribution in [3.8, 4) is 0 Å². The Kier molecular flexibility index (Phi) is 3.44. The summed E-state index contributed by atoms with van der Waals surface area (Å²) in [5, 5.41) is 4.71. The molecule has 3 fully saturated rings. The van der Waals surface area contributed by atoms with Gasteiger partial charge in [0.05, 0.1) is 18.2 Å². The molecule has 0 saturated carbocycles. The topological polar surface area (TPSA) is 33.6 Å². The van der Waals surface area contributed by atoms with Crippen LogP contribution in [0.25, 0.3) is 0 Å². The van der Waals surface area contributed by atoms with Crippen molar-refractivity contribution < 1.29 is 4.74 Å². The molecule has 1 aromatic rings. The largest absolute Gasteiger partial charge is 0.373 e. The SMILES string of the molecule is c1ccc(CC2CSC(=NC3CC4CCC3O4)N2)cc1. The van der Waals surface area contributed by atoms with Crippen LogP contribution in [0.4, 0.5) is 0 Å². The summed E-state index contributed by atoms with van der Waals surface area (Å²) in [5.74, 6) is 1.12. The number of nitrogens with zero attached hydrogens (tertiary/aromatic N) is 1. The van der Waals surface area contributed by atoms with Gasteiger partial charge in [-0.25, -0.2) is 0 Å². The number of aliphatic imine (C=N–C) groups is 1. The average molecular weight is 288 g/mol. The number of rotatable bonds is 3. The Labute approximate surface area is 124 Å². The highest BCUT2D eigenvalue weighted by molar-refractivity contribution is 8.14. The predicted molar refractivity (Wildman–Crippen MR) is 83.3 cm³/mol. The first-order chi connectivity index (χ1) is 9.87. The van der Waals surface area contributed by atoms with Gasteiger partial charge in [0.25, 0.3) is 0 Å². The van der Waals surface area contributed by atoms with Crippen LogP contribution in [0.15, 0.2) is 35.3 Å². The van der Waals surface area contributed by atoms with Crippen molar-refractivity contribution in [3.05, 3.63) is 35.9 Å². The lowest BCUT2D eigenvalue weighted by Gasteiger charge is -2.15. The molecule has 0 aromatic heterocycles. The van der Waals surface area contributed by atoms with Crippen LogP contribution in [0.1, 0.15) is 24.8 Å². The highest BCUT2D eigenvalue weighted by Crippen LogP contribution is 2.36. The summed E-state index contributed by atoms with van der Waals surface area (Å²) in [7, 11) is 0. The van der Waals surface area contributed by atoms with Crippen LogP contribution < -0.4 is 5.32 Å². The van der Waals surface area contributed by atoms with E-state index in [0.29, 0.717) is 24.3 Å². The van der Waals surface area contributed by atoms with E-state index in [9.17, 15) is 0 Å². The lowest BCUT2D eigenvalue weighted by molar-refractivity contribution is 0.101. The first-order valence-electron chi connectivity index (χ1n) is 7.53. The molecule has 20 heavy (non-hydrogen) atoms. The monoisotopic (exact) mass is 288 g/mol. The van der Waals surface area contributed by atoms with Crippen molar-refractivity contribution in [3.63, 3.8) is 0 Å². The van der Waals surface area contributed by atoms with E-state index in [4.69, 9.17) is 9.73 Å². The van der Waals surface area contributed by atoms with Crippen LogP contribution in [-0.4, -0.2) is 35.2 Å². The maximum atomic E-state index is 5.87. The maximum absolute atomic E-state index is 5.87. The molecule has 106 valence electrons. The summed E-state index contributed by atoms with van der Waals surface area (Å²) >= 11 is 1.87. The van der Waals surface area contributed by atoms with E-state index in [-0.39, 0.29) is 0 Å². The van der Waals surface area contributed by atoms with Gasteiger partial charge in [0.2, 0.25) is 0 Å². The summed E-state index contributed by atoms with van der Waals surface area (Å²) in [5.41, 5.74) is 1.40. The number of hydrogen-bond donors (Lipinski definition) is 1. The Morgan fingerprint density at radius 1 is 1.25 bits per heavy atom. The van der Waals surface area contributed by atoms with Crippen LogP contribution in [0.2, 0.25) is 0 Å². The molecule has 4 heteroatoms. The first-order valence-corrected chi connectivity index (χ1v) is 8.52. The third kappa shape index (κ3) is 2.59. The first kappa shape index (κ1) is 12.7. The molecule has 3 nitrogen and oxygen atoms in total. The molecule has 0 radical (unpaired) electrons. The number of nitrogens with one attached hydrogen (secondary N) is 1. The molecular formula is C16H20N2OS. The van der Waals surface area contributed by atoms with Gasteiger partial charge in [-0.15, -0.1) is 0 Å². The average Bonchev–Trinajstić information content (AvgIpc) is 3.17. The second-order valence-electron chi connectivity index (χ2n) is 5.95. The fourth-order valence-electron chi connectivity index (χ4n) is 3.42. The van der Waals surface area contributed by atoms with E-state index in [1.54, 1.807) is 0 Å². The summed E-state index contributed by atoms with van der Waals surface area (Å²) in [6, 6.07) is 11.6. The minimum Gasteiger partial charge on any atom is -0.373 e. The predicted octanol–water partition coefficient (Wildman–Crippen LogP) is 2.61. The van der Waals surface area contributed by atoms with Gasteiger partial charge in [-0.3, -0.25) is 4.99 Å².